The maximum absolute atomic E-state index is 3.74. The lowest BCUT2D eigenvalue weighted by Gasteiger charge is -2.47. The zero-order valence-corrected chi connectivity index (χ0v) is 11.9. The second-order valence-electron chi connectivity index (χ2n) is 6.08. The molecule has 0 aromatic rings. The second-order valence-corrected chi connectivity index (χ2v) is 6.08. The molecule has 0 amide bonds. The molecule has 3 atom stereocenters. The third kappa shape index (κ3) is 3.03. The summed E-state index contributed by atoms with van der Waals surface area (Å²) in [7, 11) is 0. The molecule has 0 bridgehead atoms. The molecule has 2 aliphatic rings. The lowest BCUT2D eigenvalue weighted by molar-refractivity contribution is 0.0334. The van der Waals surface area contributed by atoms with E-state index in [1.807, 2.05) is 0 Å². The van der Waals surface area contributed by atoms with Crippen LogP contribution in [-0.2, 0) is 0 Å². The lowest BCUT2D eigenvalue weighted by atomic mass is 9.79. The van der Waals surface area contributed by atoms with Gasteiger partial charge in [0.2, 0.25) is 0 Å². The number of hydrogen-bond acceptors (Lipinski definition) is 2. The molecule has 0 spiro atoms. The van der Waals surface area contributed by atoms with Crippen LogP contribution in [-0.4, -0.2) is 36.1 Å². The van der Waals surface area contributed by atoms with Crippen molar-refractivity contribution in [1.29, 1.82) is 0 Å². The van der Waals surface area contributed by atoms with Crippen LogP contribution in [0.4, 0.5) is 0 Å². The number of rotatable bonds is 5. The topological polar surface area (TPSA) is 15.3 Å². The maximum Gasteiger partial charge on any atom is 0.0221 e. The zero-order chi connectivity index (χ0) is 12.3. The van der Waals surface area contributed by atoms with Gasteiger partial charge in [-0.3, -0.25) is 4.90 Å². The van der Waals surface area contributed by atoms with E-state index >= 15 is 0 Å². The van der Waals surface area contributed by atoms with Gasteiger partial charge in [-0.25, -0.2) is 0 Å². The highest BCUT2D eigenvalue weighted by Gasteiger charge is 2.35. The summed E-state index contributed by atoms with van der Waals surface area (Å²) in [5, 5.41) is 3.74. The third-order valence-corrected chi connectivity index (χ3v) is 5.01. The van der Waals surface area contributed by atoms with Crippen molar-refractivity contribution in [3.63, 3.8) is 0 Å². The smallest absolute Gasteiger partial charge is 0.0221 e. The number of nitrogens with one attached hydrogen (secondary N) is 1. The Hall–Kier alpha value is -0.0800. The van der Waals surface area contributed by atoms with Crippen LogP contribution in [0.15, 0.2) is 0 Å². The molecule has 0 aromatic heterocycles. The first-order chi connectivity index (χ1) is 8.26. The highest BCUT2D eigenvalue weighted by Crippen LogP contribution is 2.33. The van der Waals surface area contributed by atoms with Gasteiger partial charge in [0.05, 0.1) is 0 Å². The van der Waals surface area contributed by atoms with E-state index in [0.29, 0.717) is 0 Å². The van der Waals surface area contributed by atoms with Crippen molar-refractivity contribution >= 4 is 0 Å². The van der Waals surface area contributed by atoms with Crippen molar-refractivity contribution < 1.29 is 0 Å². The zero-order valence-electron chi connectivity index (χ0n) is 11.9. The van der Waals surface area contributed by atoms with Crippen molar-refractivity contribution in [2.45, 2.75) is 77.4 Å². The minimum Gasteiger partial charge on any atom is -0.311 e. The summed E-state index contributed by atoms with van der Waals surface area (Å²) < 4.78 is 0. The summed E-state index contributed by atoms with van der Waals surface area (Å²) >= 11 is 0. The molecule has 0 radical (unpaired) electrons. The molecule has 1 aliphatic carbocycles. The largest absolute Gasteiger partial charge is 0.311 e. The normalized spacial score (nSPS) is 33.4. The van der Waals surface area contributed by atoms with Crippen LogP contribution in [0, 0.1) is 5.92 Å². The molecule has 1 saturated carbocycles. The van der Waals surface area contributed by atoms with Crippen molar-refractivity contribution in [2.75, 3.05) is 13.1 Å². The van der Waals surface area contributed by atoms with Gasteiger partial charge in [0.15, 0.2) is 0 Å². The van der Waals surface area contributed by atoms with E-state index in [9.17, 15) is 0 Å². The summed E-state index contributed by atoms with van der Waals surface area (Å²) in [5.74, 6) is 0.990. The summed E-state index contributed by atoms with van der Waals surface area (Å²) in [6, 6.07) is 2.33. The summed E-state index contributed by atoms with van der Waals surface area (Å²) in [6.07, 6.45) is 8.35. The SMILES string of the molecule is CCCC1CN(C(C)C2CCC2)C(CC)CN1. The first-order valence-corrected chi connectivity index (χ1v) is 7.75. The van der Waals surface area contributed by atoms with Gasteiger partial charge in [-0.15, -0.1) is 0 Å². The van der Waals surface area contributed by atoms with Crippen molar-refractivity contribution in [2.24, 2.45) is 5.92 Å². The van der Waals surface area contributed by atoms with Gasteiger partial charge in [-0.2, -0.15) is 0 Å². The van der Waals surface area contributed by atoms with Crippen LogP contribution in [0.1, 0.15) is 59.3 Å². The molecule has 2 fully saturated rings. The van der Waals surface area contributed by atoms with Crippen molar-refractivity contribution in [3.8, 4) is 0 Å². The Kier molecular flexibility index (Phi) is 4.87. The number of piperazine rings is 1. The molecule has 2 rings (SSSR count). The standard InChI is InChI=1S/C15H30N2/c1-4-7-14-11-17(15(5-2)10-16-14)12(3)13-8-6-9-13/h12-16H,4-11H2,1-3H3. The molecule has 1 heterocycles. The highest BCUT2D eigenvalue weighted by molar-refractivity contribution is 4.91. The predicted octanol–water partition coefficient (Wildman–Crippen LogP) is 3.03. The van der Waals surface area contributed by atoms with E-state index in [1.165, 1.54) is 51.6 Å². The maximum atomic E-state index is 3.74. The average Bonchev–Trinajstić information content (AvgIpc) is 2.27. The molecule has 2 heteroatoms. The Bertz CT molecular complexity index is 225. The lowest BCUT2D eigenvalue weighted by Crippen LogP contribution is -2.60. The molecule has 0 aromatic carbocycles. The first kappa shape index (κ1) is 13.4. The fourth-order valence-corrected chi connectivity index (χ4v) is 3.50. The minimum atomic E-state index is 0.741. The Balaban J connectivity index is 1.93. The van der Waals surface area contributed by atoms with Crippen LogP contribution in [0.25, 0.3) is 0 Å². The molecule has 2 nitrogen and oxygen atoms in total. The van der Waals surface area contributed by atoms with Crippen LogP contribution in [0.5, 0.6) is 0 Å². The molecular formula is C15H30N2. The van der Waals surface area contributed by atoms with E-state index in [1.54, 1.807) is 0 Å². The van der Waals surface area contributed by atoms with Crippen LogP contribution >= 0.6 is 0 Å². The predicted molar refractivity (Wildman–Crippen MR) is 74.3 cm³/mol. The molecule has 100 valence electrons. The molecule has 1 saturated heterocycles. The quantitative estimate of drug-likeness (QED) is 0.792. The fraction of sp³-hybridized carbons (Fsp3) is 1.00. The third-order valence-electron chi connectivity index (χ3n) is 5.01. The Labute approximate surface area is 107 Å². The van der Waals surface area contributed by atoms with E-state index in [2.05, 4.69) is 31.0 Å². The minimum absolute atomic E-state index is 0.741. The average molecular weight is 238 g/mol. The van der Waals surface area contributed by atoms with Crippen molar-refractivity contribution in [3.05, 3.63) is 0 Å². The van der Waals surface area contributed by atoms with Crippen molar-refractivity contribution in [1.82, 2.24) is 10.2 Å². The molecular weight excluding hydrogens is 208 g/mol. The van der Waals surface area contributed by atoms with Gasteiger partial charge in [0.25, 0.3) is 0 Å². The Morgan fingerprint density at radius 3 is 2.59 bits per heavy atom. The van der Waals surface area contributed by atoms with E-state index in [0.717, 1.165) is 24.0 Å². The van der Waals surface area contributed by atoms with Gasteiger partial charge < -0.3 is 5.32 Å². The Morgan fingerprint density at radius 1 is 1.29 bits per heavy atom. The Morgan fingerprint density at radius 2 is 2.06 bits per heavy atom. The number of hydrogen-bond donors (Lipinski definition) is 1. The van der Waals surface area contributed by atoms with Crippen LogP contribution in [0.2, 0.25) is 0 Å². The first-order valence-electron chi connectivity index (χ1n) is 7.75. The van der Waals surface area contributed by atoms with Crippen LogP contribution < -0.4 is 5.32 Å². The summed E-state index contributed by atoms with van der Waals surface area (Å²) in [4.78, 5) is 2.82. The van der Waals surface area contributed by atoms with E-state index < -0.39 is 0 Å². The van der Waals surface area contributed by atoms with Gasteiger partial charge in [0.1, 0.15) is 0 Å². The molecule has 17 heavy (non-hydrogen) atoms. The molecule has 1 aliphatic heterocycles. The molecule has 3 unspecified atom stereocenters. The number of nitrogens with zero attached hydrogens (tertiary/aromatic N) is 1. The van der Waals surface area contributed by atoms with Gasteiger partial charge in [-0.1, -0.05) is 26.7 Å². The fourth-order valence-electron chi connectivity index (χ4n) is 3.50. The second kappa shape index (κ2) is 6.19. The summed E-state index contributed by atoms with van der Waals surface area (Å²) in [5.41, 5.74) is 0. The summed E-state index contributed by atoms with van der Waals surface area (Å²) in [6.45, 7) is 9.60. The van der Waals surface area contributed by atoms with Gasteiger partial charge in [0, 0.05) is 31.2 Å². The molecule has 1 N–H and O–H groups in total. The van der Waals surface area contributed by atoms with E-state index in [-0.39, 0.29) is 0 Å². The van der Waals surface area contributed by atoms with Crippen LogP contribution in [0.3, 0.4) is 0 Å². The van der Waals surface area contributed by atoms with E-state index in [4.69, 9.17) is 0 Å². The highest BCUT2D eigenvalue weighted by atomic mass is 15.3. The monoisotopic (exact) mass is 238 g/mol. The van der Waals surface area contributed by atoms with Gasteiger partial charge in [-0.05, 0) is 38.5 Å². The van der Waals surface area contributed by atoms with Gasteiger partial charge >= 0.3 is 0 Å².